The van der Waals surface area contributed by atoms with Gasteiger partial charge in [0.25, 0.3) is 0 Å². The Labute approximate surface area is 81.9 Å². The monoisotopic (exact) mass is 261 g/mol. The van der Waals surface area contributed by atoms with Crippen LogP contribution in [0.2, 0.25) is 0 Å². The zero-order chi connectivity index (χ0) is 8.27. The van der Waals surface area contributed by atoms with Crippen LogP contribution in [0, 0.1) is 0 Å². The van der Waals surface area contributed by atoms with E-state index in [0.29, 0.717) is 0 Å². The van der Waals surface area contributed by atoms with Gasteiger partial charge < -0.3 is 3.11 Å². The van der Waals surface area contributed by atoms with E-state index in [1.165, 1.54) is 11.3 Å². The van der Waals surface area contributed by atoms with Crippen LogP contribution >= 0.6 is 22.9 Å². The Morgan fingerprint density at radius 1 is 1.36 bits per heavy atom. The number of halogens is 1. The third kappa shape index (κ3) is 2.09. The van der Waals surface area contributed by atoms with E-state index in [9.17, 15) is 0 Å². The first-order chi connectivity index (χ1) is 5.25. The van der Waals surface area contributed by atoms with Crippen LogP contribution in [0.25, 0.3) is 0 Å². The molecule has 1 aromatic rings. The van der Waals surface area contributed by atoms with E-state index < -0.39 is 0 Å². The molecule has 0 aliphatic heterocycles. The Balaban J connectivity index is 3.02. The number of rotatable bonds is 2. The zero-order valence-electron chi connectivity index (χ0n) is 6.84. The molecule has 11 heavy (non-hydrogen) atoms. The van der Waals surface area contributed by atoms with Gasteiger partial charge in [0.2, 0.25) is 0 Å². The van der Waals surface area contributed by atoms with Crippen LogP contribution in [0.1, 0.15) is 12.5 Å². The summed E-state index contributed by atoms with van der Waals surface area (Å²) in [5.74, 6) is 0. The Morgan fingerprint density at radius 3 is 2.45 bits per heavy atom. The first kappa shape index (κ1) is 8.84. The van der Waals surface area contributed by atoms with Gasteiger partial charge >= 0.3 is 0 Å². The van der Waals surface area contributed by atoms with Crippen molar-refractivity contribution in [1.82, 2.24) is 0 Å². The maximum atomic E-state index is 2.29. The third-order valence-electron chi connectivity index (χ3n) is 1.70. The molecule has 1 aromatic carbocycles. The average Bonchev–Trinajstić information content (AvgIpc) is 2.04. The maximum absolute atomic E-state index is 2.29. The normalized spacial score (nSPS) is 9.73. The van der Waals surface area contributed by atoms with Crippen LogP contribution < -0.4 is 3.11 Å². The van der Waals surface area contributed by atoms with Crippen molar-refractivity contribution >= 4 is 28.6 Å². The Morgan fingerprint density at radius 2 is 2.00 bits per heavy atom. The van der Waals surface area contributed by atoms with Gasteiger partial charge in [0, 0.05) is 12.7 Å². The van der Waals surface area contributed by atoms with Crippen LogP contribution in [0.5, 0.6) is 0 Å². The lowest BCUT2D eigenvalue weighted by Gasteiger charge is -2.13. The van der Waals surface area contributed by atoms with Crippen LogP contribution in [-0.2, 0) is 6.42 Å². The summed E-state index contributed by atoms with van der Waals surface area (Å²) in [7, 11) is 2.06. The molecule has 0 amide bonds. The second kappa shape index (κ2) is 3.95. The van der Waals surface area contributed by atoms with E-state index in [-0.39, 0.29) is 0 Å². The van der Waals surface area contributed by atoms with Crippen molar-refractivity contribution < 1.29 is 0 Å². The summed E-state index contributed by atoms with van der Waals surface area (Å²) in [5, 5.41) is 0. The van der Waals surface area contributed by atoms with E-state index in [1.807, 2.05) is 0 Å². The molecule has 0 bridgehead atoms. The Kier molecular flexibility index (Phi) is 3.17. The van der Waals surface area contributed by atoms with E-state index in [1.54, 1.807) is 0 Å². The molecular formula is C9H12IN. The quantitative estimate of drug-likeness (QED) is 0.584. The molecule has 0 fully saturated rings. The topological polar surface area (TPSA) is 3.24 Å². The highest BCUT2D eigenvalue weighted by molar-refractivity contribution is 14.1. The lowest BCUT2D eigenvalue weighted by atomic mass is 10.1. The molecule has 1 rings (SSSR count). The summed E-state index contributed by atoms with van der Waals surface area (Å²) in [6, 6.07) is 8.47. The van der Waals surface area contributed by atoms with Crippen LogP contribution in [0.15, 0.2) is 24.3 Å². The van der Waals surface area contributed by atoms with Gasteiger partial charge in [-0.15, -0.1) is 0 Å². The van der Waals surface area contributed by atoms with Crippen molar-refractivity contribution in [2.24, 2.45) is 0 Å². The zero-order valence-corrected chi connectivity index (χ0v) is 9.00. The third-order valence-corrected chi connectivity index (χ3v) is 2.22. The standard InChI is InChI=1S/C9H12IN/c1-3-8-6-4-5-7-9(8)11(2)10/h4-7H,3H2,1-2H3. The Bertz CT molecular complexity index is 233. The van der Waals surface area contributed by atoms with Crippen molar-refractivity contribution in [3.05, 3.63) is 29.8 Å². The van der Waals surface area contributed by atoms with Gasteiger partial charge in [-0.3, -0.25) is 0 Å². The molecular weight excluding hydrogens is 249 g/mol. The second-order valence-corrected chi connectivity index (χ2v) is 3.91. The average molecular weight is 261 g/mol. The maximum Gasteiger partial charge on any atom is 0.0588 e. The van der Waals surface area contributed by atoms with Gasteiger partial charge in [0.15, 0.2) is 0 Å². The number of anilines is 1. The smallest absolute Gasteiger partial charge is 0.0588 e. The molecule has 1 nitrogen and oxygen atoms in total. The molecule has 0 heterocycles. The summed E-state index contributed by atoms with van der Waals surface area (Å²) in [6.45, 7) is 2.18. The SMILES string of the molecule is CCc1ccccc1N(C)I. The highest BCUT2D eigenvalue weighted by atomic mass is 127. The van der Waals surface area contributed by atoms with Gasteiger partial charge in [0.05, 0.1) is 22.9 Å². The molecule has 0 aromatic heterocycles. The fourth-order valence-electron chi connectivity index (χ4n) is 1.11. The van der Waals surface area contributed by atoms with Crippen molar-refractivity contribution in [3.63, 3.8) is 0 Å². The molecule has 0 aliphatic carbocycles. The minimum atomic E-state index is 1.10. The number of hydrogen-bond acceptors (Lipinski definition) is 1. The number of hydrogen-bond donors (Lipinski definition) is 0. The molecule has 0 radical (unpaired) electrons. The number of benzene rings is 1. The molecule has 2 heteroatoms. The molecule has 0 unspecified atom stereocenters. The fraction of sp³-hybridized carbons (Fsp3) is 0.333. The summed E-state index contributed by atoms with van der Waals surface area (Å²) in [6.07, 6.45) is 1.10. The fourth-order valence-corrected chi connectivity index (χ4v) is 1.58. The highest BCUT2D eigenvalue weighted by Gasteiger charge is 2.00. The molecule has 0 aliphatic rings. The molecule has 0 spiro atoms. The predicted octanol–water partition coefficient (Wildman–Crippen LogP) is 3.04. The minimum Gasteiger partial charge on any atom is -0.318 e. The number of nitrogens with zero attached hydrogens (tertiary/aromatic N) is 1. The lowest BCUT2D eigenvalue weighted by molar-refractivity contribution is 1.13. The number of para-hydroxylation sites is 1. The van der Waals surface area contributed by atoms with Gasteiger partial charge in [-0.2, -0.15) is 0 Å². The van der Waals surface area contributed by atoms with Crippen molar-refractivity contribution in [3.8, 4) is 0 Å². The van der Waals surface area contributed by atoms with Crippen molar-refractivity contribution in [2.75, 3.05) is 10.2 Å². The summed E-state index contributed by atoms with van der Waals surface area (Å²) in [5.41, 5.74) is 2.72. The van der Waals surface area contributed by atoms with E-state index in [4.69, 9.17) is 0 Å². The summed E-state index contributed by atoms with van der Waals surface area (Å²) < 4.78 is 2.12. The highest BCUT2D eigenvalue weighted by Crippen LogP contribution is 2.21. The molecule has 60 valence electrons. The predicted molar refractivity (Wildman–Crippen MR) is 58.2 cm³/mol. The van der Waals surface area contributed by atoms with E-state index >= 15 is 0 Å². The molecule has 0 saturated heterocycles. The first-order valence-corrected chi connectivity index (χ1v) is 4.69. The van der Waals surface area contributed by atoms with Crippen molar-refractivity contribution in [2.45, 2.75) is 13.3 Å². The van der Waals surface area contributed by atoms with Gasteiger partial charge in [-0.05, 0) is 18.1 Å². The van der Waals surface area contributed by atoms with Crippen LogP contribution in [-0.4, -0.2) is 7.05 Å². The summed E-state index contributed by atoms with van der Waals surface area (Å²) in [4.78, 5) is 0. The van der Waals surface area contributed by atoms with E-state index in [0.717, 1.165) is 6.42 Å². The van der Waals surface area contributed by atoms with Gasteiger partial charge in [-0.1, -0.05) is 25.1 Å². The Hall–Kier alpha value is -0.250. The largest absolute Gasteiger partial charge is 0.318 e. The minimum absolute atomic E-state index is 1.10. The summed E-state index contributed by atoms with van der Waals surface area (Å²) >= 11 is 2.29. The molecule has 0 atom stereocenters. The lowest BCUT2D eigenvalue weighted by Crippen LogP contribution is -2.02. The number of aryl methyl sites for hydroxylation is 1. The van der Waals surface area contributed by atoms with Crippen molar-refractivity contribution in [1.29, 1.82) is 0 Å². The second-order valence-electron chi connectivity index (χ2n) is 2.46. The molecule has 0 N–H and O–H groups in total. The van der Waals surface area contributed by atoms with Gasteiger partial charge in [-0.25, -0.2) is 0 Å². The van der Waals surface area contributed by atoms with Crippen LogP contribution in [0.3, 0.4) is 0 Å². The first-order valence-electron chi connectivity index (χ1n) is 3.73. The van der Waals surface area contributed by atoms with Gasteiger partial charge in [0.1, 0.15) is 0 Å². The van der Waals surface area contributed by atoms with Crippen LogP contribution in [0.4, 0.5) is 5.69 Å². The molecule has 0 saturated carbocycles. The van der Waals surface area contributed by atoms with E-state index in [2.05, 4.69) is 64.2 Å².